The number of nitrogens with one attached hydrogen (secondary N) is 1. The molecule has 4 nitrogen and oxygen atoms in total. The average molecular weight is 388 g/mol. The molecule has 1 N–H and O–H groups in total. The first-order chi connectivity index (χ1) is 13.7. The van der Waals surface area contributed by atoms with E-state index in [0.29, 0.717) is 24.4 Å². The lowest BCUT2D eigenvalue weighted by Crippen LogP contribution is -2.32. The normalized spacial score (nSPS) is 15.1. The van der Waals surface area contributed by atoms with E-state index in [1.165, 1.54) is 16.9 Å². The zero-order valence-electron chi connectivity index (χ0n) is 15.5. The Morgan fingerprint density at radius 3 is 2.36 bits per heavy atom. The Bertz CT molecular complexity index is 999. The molecule has 1 fully saturated rings. The van der Waals surface area contributed by atoms with Crippen molar-refractivity contribution < 1.29 is 4.79 Å². The van der Waals surface area contributed by atoms with Crippen molar-refractivity contribution in [2.24, 2.45) is 5.41 Å². The van der Waals surface area contributed by atoms with Crippen molar-refractivity contribution in [3.8, 4) is 16.5 Å². The quantitative estimate of drug-likeness (QED) is 0.635. The van der Waals surface area contributed by atoms with Gasteiger partial charge in [-0.15, -0.1) is 0 Å². The van der Waals surface area contributed by atoms with E-state index in [2.05, 4.69) is 35.7 Å². The van der Waals surface area contributed by atoms with E-state index in [1.807, 2.05) is 36.4 Å². The van der Waals surface area contributed by atoms with Crippen LogP contribution >= 0.6 is 11.3 Å². The molecule has 0 spiro atoms. The predicted molar refractivity (Wildman–Crippen MR) is 112 cm³/mol. The molecule has 1 aliphatic carbocycles. The Morgan fingerprint density at radius 1 is 1.07 bits per heavy atom. The highest BCUT2D eigenvalue weighted by atomic mass is 32.1. The highest BCUT2D eigenvalue weighted by Gasteiger charge is 2.41. The summed E-state index contributed by atoms with van der Waals surface area (Å²) in [6, 6.07) is 22.6. The van der Waals surface area contributed by atoms with E-state index in [4.69, 9.17) is 4.98 Å². The van der Waals surface area contributed by atoms with Gasteiger partial charge in [-0.1, -0.05) is 84.8 Å². The first-order valence-corrected chi connectivity index (χ1v) is 10.3. The summed E-state index contributed by atoms with van der Waals surface area (Å²) in [5.74, 6) is -0.216. The van der Waals surface area contributed by atoms with E-state index < -0.39 is 5.41 Å². The second-order valence-corrected chi connectivity index (χ2v) is 8.18. The number of thiazole rings is 1. The Balaban J connectivity index is 1.65. The smallest absolute Gasteiger partial charge is 0.246 e. The maximum absolute atomic E-state index is 12.8. The fourth-order valence-corrected chi connectivity index (χ4v) is 4.70. The van der Waals surface area contributed by atoms with Gasteiger partial charge in [-0.25, -0.2) is 4.98 Å². The van der Waals surface area contributed by atoms with Crippen LogP contribution in [-0.4, -0.2) is 10.9 Å². The third kappa shape index (κ3) is 3.69. The van der Waals surface area contributed by atoms with Crippen molar-refractivity contribution in [1.82, 2.24) is 4.98 Å². The Labute approximate surface area is 168 Å². The third-order valence-electron chi connectivity index (χ3n) is 5.27. The second kappa shape index (κ2) is 7.95. The molecule has 3 aromatic rings. The first kappa shape index (κ1) is 18.4. The molecule has 0 bridgehead atoms. The highest BCUT2D eigenvalue weighted by molar-refractivity contribution is 7.19. The van der Waals surface area contributed by atoms with Crippen LogP contribution in [0.5, 0.6) is 0 Å². The summed E-state index contributed by atoms with van der Waals surface area (Å²) < 4.78 is 0. The molecule has 1 saturated carbocycles. The second-order valence-electron chi connectivity index (χ2n) is 7.18. The van der Waals surface area contributed by atoms with Gasteiger partial charge in [-0.05, 0) is 24.0 Å². The zero-order chi connectivity index (χ0) is 19.4. The van der Waals surface area contributed by atoms with Crippen molar-refractivity contribution in [1.29, 1.82) is 5.26 Å². The number of anilines is 1. The molecule has 0 saturated heterocycles. The van der Waals surface area contributed by atoms with E-state index >= 15 is 0 Å². The van der Waals surface area contributed by atoms with E-state index in [1.54, 1.807) is 0 Å². The number of benzene rings is 2. The minimum atomic E-state index is -0.905. The summed E-state index contributed by atoms with van der Waals surface area (Å²) >= 11 is 1.48. The summed E-state index contributed by atoms with van der Waals surface area (Å²) in [5, 5.41) is 13.1. The van der Waals surface area contributed by atoms with Gasteiger partial charge in [0.05, 0.1) is 16.6 Å². The number of rotatable bonds is 5. The van der Waals surface area contributed by atoms with Crippen LogP contribution in [0.25, 0.3) is 10.4 Å². The standard InChI is InChI=1S/C23H21N3OS/c24-16-23(13-7-8-14-23)21(27)26-22-25-19(15-17-9-3-1-4-10-17)20(28-22)18-11-5-2-6-12-18/h1-6,9-12H,7-8,13-15H2,(H,25,26,27). The molecule has 1 amide bonds. The van der Waals surface area contributed by atoms with Gasteiger partial charge in [-0.2, -0.15) is 5.26 Å². The van der Waals surface area contributed by atoms with Gasteiger partial charge in [0.2, 0.25) is 5.91 Å². The molecule has 0 radical (unpaired) electrons. The summed E-state index contributed by atoms with van der Waals surface area (Å²) in [5.41, 5.74) is 2.29. The van der Waals surface area contributed by atoms with Gasteiger partial charge >= 0.3 is 0 Å². The monoisotopic (exact) mass is 387 g/mol. The van der Waals surface area contributed by atoms with E-state index in [0.717, 1.165) is 29.0 Å². The van der Waals surface area contributed by atoms with Gasteiger partial charge in [0.25, 0.3) is 0 Å². The maximum Gasteiger partial charge on any atom is 0.246 e. The minimum absolute atomic E-state index is 0.216. The molecule has 0 unspecified atom stereocenters. The topological polar surface area (TPSA) is 65.8 Å². The van der Waals surface area contributed by atoms with Crippen molar-refractivity contribution in [2.45, 2.75) is 32.1 Å². The van der Waals surface area contributed by atoms with Crippen LogP contribution in [0.3, 0.4) is 0 Å². The molecule has 0 aliphatic heterocycles. The van der Waals surface area contributed by atoms with Gasteiger partial charge in [0, 0.05) is 6.42 Å². The first-order valence-electron chi connectivity index (χ1n) is 9.52. The third-order valence-corrected chi connectivity index (χ3v) is 6.34. The van der Waals surface area contributed by atoms with Crippen LogP contribution in [0, 0.1) is 16.7 Å². The van der Waals surface area contributed by atoms with Gasteiger partial charge in [0.15, 0.2) is 5.13 Å². The lowest BCUT2D eigenvalue weighted by atomic mass is 9.87. The molecular formula is C23H21N3OS. The molecule has 1 aliphatic rings. The fourth-order valence-electron chi connectivity index (χ4n) is 3.71. The van der Waals surface area contributed by atoms with Gasteiger partial charge in [-0.3, -0.25) is 4.79 Å². The number of hydrogen-bond donors (Lipinski definition) is 1. The number of amides is 1. The number of carbonyl (C=O) groups excluding carboxylic acids is 1. The minimum Gasteiger partial charge on any atom is -0.301 e. The van der Waals surface area contributed by atoms with Crippen molar-refractivity contribution >= 4 is 22.4 Å². The Morgan fingerprint density at radius 2 is 1.71 bits per heavy atom. The van der Waals surface area contributed by atoms with Crippen LogP contribution in [0.1, 0.15) is 36.9 Å². The largest absolute Gasteiger partial charge is 0.301 e. The molecule has 5 heteroatoms. The van der Waals surface area contributed by atoms with Crippen molar-refractivity contribution in [2.75, 3.05) is 5.32 Å². The molecular weight excluding hydrogens is 366 g/mol. The van der Waals surface area contributed by atoms with Crippen LogP contribution < -0.4 is 5.32 Å². The van der Waals surface area contributed by atoms with E-state index in [9.17, 15) is 10.1 Å². The summed E-state index contributed by atoms with van der Waals surface area (Å²) in [7, 11) is 0. The van der Waals surface area contributed by atoms with Gasteiger partial charge < -0.3 is 5.32 Å². The van der Waals surface area contributed by atoms with Crippen LogP contribution in [0.2, 0.25) is 0 Å². The molecule has 1 aromatic heterocycles. The predicted octanol–water partition coefficient (Wildman–Crippen LogP) is 5.42. The van der Waals surface area contributed by atoms with Crippen molar-refractivity contribution in [3.63, 3.8) is 0 Å². The molecule has 4 rings (SSSR count). The van der Waals surface area contributed by atoms with E-state index in [-0.39, 0.29) is 5.91 Å². The molecule has 0 atom stereocenters. The van der Waals surface area contributed by atoms with Gasteiger partial charge in [0.1, 0.15) is 5.41 Å². The SMILES string of the molecule is N#CC1(C(=O)Nc2nc(Cc3ccccc3)c(-c3ccccc3)s2)CCCC1. The summed E-state index contributed by atoms with van der Waals surface area (Å²) in [4.78, 5) is 18.6. The number of nitrogens with zero attached hydrogens (tertiary/aromatic N) is 2. The number of aromatic nitrogens is 1. The van der Waals surface area contributed by atoms with Crippen molar-refractivity contribution in [3.05, 3.63) is 71.9 Å². The fraction of sp³-hybridized carbons (Fsp3) is 0.261. The number of nitriles is 1. The lowest BCUT2D eigenvalue weighted by Gasteiger charge is -2.17. The number of hydrogen-bond acceptors (Lipinski definition) is 4. The average Bonchev–Trinajstić information content (AvgIpc) is 3.37. The zero-order valence-corrected chi connectivity index (χ0v) is 16.3. The molecule has 1 heterocycles. The Kier molecular flexibility index (Phi) is 5.23. The highest BCUT2D eigenvalue weighted by Crippen LogP contribution is 2.40. The maximum atomic E-state index is 12.8. The summed E-state index contributed by atoms with van der Waals surface area (Å²) in [6.07, 6.45) is 3.80. The molecule has 2 aromatic carbocycles. The van der Waals surface area contributed by atoms with Crippen LogP contribution in [0.15, 0.2) is 60.7 Å². The van der Waals surface area contributed by atoms with Crippen LogP contribution in [-0.2, 0) is 11.2 Å². The number of carbonyl (C=O) groups is 1. The Hall–Kier alpha value is -2.97. The van der Waals surface area contributed by atoms with Crippen LogP contribution in [0.4, 0.5) is 5.13 Å². The molecule has 140 valence electrons. The lowest BCUT2D eigenvalue weighted by molar-refractivity contribution is -0.122. The summed E-state index contributed by atoms with van der Waals surface area (Å²) in [6.45, 7) is 0. The molecule has 28 heavy (non-hydrogen) atoms.